The summed E-state index contributed by atoms with van der Waals surface area (Å²) in [7, 11) is 0. The number of hydrogen-bond acceptors (Lipinski definition) is 1. The minimum Gasteiger partial charge on any atom is -0.493 e. The maximum Gasteiger partial charge on any atom is 0.120 e. The molecule has 0 atom stereocenters. The van der Waals surface area contributed by atoms with E-state index in [1.54, 1.807) is 0 Å². The first-order valence-electron chi connectivity index (χ1n) is 5.15. The molecular weight excluding hydrogens is 172 g/mol. The lowest BCUT2D eigenvalue weighted by atomic mass is 10.1. The largest absolute Gasteiger partial charge is 0.493 e. The summed E-state index contributed by atoms with van der Waals surface area (Å²) in [6.45, 7) is 6.72. The van der Waals surface area contributed by atoms with Crippen molar-refractivity contribution in [2.75, 3.05) is 6.61 Å². The predicted molar refractivity (Wildman–Crippen MR) is 59.5 cm³/mol. The summed E-state index contributed by atoms with van der Waals surface area (Å²) >= 11 is 0. The normalized spacial score (nSPS) is 15.2. The Morgan fingerprint density at radius 2 is 2.21 bits per heavy atom. The lowest BCUT2D eigenvalue weighted by molar-refractivity contribution is 0.299. The first-order chi connectivity index (χ1) is 6.78. The zero-order valence-corrected chi connectivity index (χ0v) is 8.62. The summed E-state index contributed by atoms with van der Waals surface area (Å²) in [4.78, 5) is 0. The molecule has 1 fully saturated rings. The molecule has 74 valence electrons. The topological polar surface area (TPSA) is 9.23 Å². The van der Waals surface area contributed by atoms with Gasteiger partial charge < -0.3 is 4.74 Å². The van der Waals surface area contributed by atoms with Gasteiger partial charge in [0.15, 0.2) is 0 Å². The Kier molecular flexibility index (Phi) is 2.58. The third-order valence-corrected chi connectivity index (χ3v) is 2.49. The molecule has 0 radical (unpaired) electrons. The molecule has 0 bridgehead atoms. The van der Waals surface area contributed by atoms with Gasteiger partial charge in [0.05, 0.1) is 6.61 Å². The second-order valence-electron chi connectivity index (χ2n) is 4.04. The van der Waals surface area contributed by atoms with Gasteiger partial charge in [0.2, 0.25) is 0 Å². The standard InChI is InChI=1S/C13H16O/c1-3-11-6-10(2)7-13(8-11)14-9-12-4-5-12/h3,6-8,12H,1,4-5,9H2,2H3. The van der Waals surface area contributed by atoms with E-state index in [0.717, 1.165) is 23.8 Å². The van der Waals surface area contributed by atoms with E-state index in [2.05, 4.69) is 25.6 Å². The lowest BCUT2D eigenvalue weighted by Gasteiger charge is -2.07. The van der Waals surface area contributed by atoms with Crippen LogP contribution in [-0.2, 0) is 0 Å². The Bertz CT molecular complexity index is 337. The second-order valence-corrected chi connectivity index (χ2v) is 4.04. The fourth-order valence-corrected chi connectivity index (χ4v) is 1.48. The van der Waals surface area contributed by atoms with E-state index in [-0.39, 0.29) is 0 Å². The Hall–Kier alpha value is -1.24. The van der Waals surface area contributed by atoms with Crippen molar-refractivity contribution in [3.8, 4) is 5.75 Å². The molecule has 0 aliphatic heterocycles. The highest BCUT2D eigenvalue weighted by Gasteiger charge is 2.21. The third kappa shape index (κ3) is 2.38. The summed E-state index contributed by atoms with van der Waals surface area (Å²) in [5, 5.41) is 0. The molecule has 1 saturated carbocycles. The molecule has 0 heterocycles. The van der Waals surface area contributed by atoms with Crippen molar-refractivity contribution in [3.05, 3.63) is 35.9 Å². The maximum absolute atomic E-state index is 5.71. The quantitative estimate of drug-likeness (QED) is 0.703. The van der Waals surface area contributed by atoms with Gasteiger partial charge in [0.25, 0.3) is 0 Å². The molecule has 0 spiro atoms. The fourth-order valence-electron chi connectivity index (χ4n) is 1.48. The van der Waals surface area contributed by atoms with Gasteiger partial charge in [-0.25, -0.2) is 0 Å². The van der Waals surface area contributed by atoms with Crippen LogP contribution in [0.5, 0.6) is 5.75 Å². The van der Waals surface area contributed by atoms with Crippen LogP contribution in [-0.4, -0.2) is 6.61 Å². The minimum atomic E-state index is 0.808. The SMILES string of the molecule is C=Cc1cc(C)cc(OCC2CC2)c1. The van der Waals surface area contributed by atoms with Crippen LogP contribution in [0.1, 0.15) is 24.0 Å². The molecule has 0 saturated heterocycles. The molecule has 1 heteroatoms. The van der Waals surface area contributed by atoms with Crippen LogP contribution >= 0.6 is 0 Å². The van der Waals surface area contributed by atoms with Gasteiger partial charge in [-0.1, -0.05) is 18.7 Å². The van der Waals surface area contributed by atoms with Crippen molar-refractivity contribution < 1.29 is 4.74 Å². The van der Waals surface area contributed by atoms with Gasteiger partial charge in [0, 0.05) is 0 Å². The number of rotatable bonds is 4. The highest BCUT2D eigenvalue weighted by atomic mass is 16.5. The second kappa shape index (κ2) is 3.87. The minimum absolute atomic E-state index is 0.808. The summed E-state index contributed by atoms with van der Waals surface area (Å²) < 4.78 is 5.71. The summed E-state index contributed by atoms with van der Waals surface area (Å²) in [5.41, 5.74) is 2.36. The molecule has 0 aromatic heterocycles. The molecular formula is C13H16O. The Morgan fingerprint density at radius 1 is 1.43 bits per heavy atom. The van der Waals surface area contributed by atoms with Crippen LogP contribution < -0.4 is 4.74 Å². The van der Waals surface area contributed by atoms with E-state index >= 15 is 0 Å². The molecule has 1 aliphatic rings. The summed E-state index contributed by atoms with van der Waals surface area (Å²) in [5.74, 6) is 1.79. The highest BCUT2D eigenvalue weighted by Crippen LogP contribution is 2.30. The molecule has 0 unspecified atom stereocenters. The van der Waals surface area contributed by atoms with Crippen LogP contribution in [0.25, 0.3) is 6.08 Å². The van der Waals surface area contributed by atoms with Crippen molar-refractivity contribution in [2.45, 2.75) is 19.8 Å². The third-order valence-electron chi connectivity index (χ3n) is 2.49. The molecule has 0 amide bonds. The lowest BCUT2D eigenvalue weighted by Crippen LogP contribution is -1.99. The van der Waals surface area contributed by atoms with Gasteiger partial charge in [-0.2, -0.15) is 0 Å². The van der Waals surface area contributed by atoms with Crippen LogP contribution in [0.4, 0.5) is 0 Å². The van der Waals surface area contributed by atoms with Crippen molar-refractivity contribution in [3.63, 3.8) is 0 Å². The monoisotopic (exact) mass is 188 g/mol. The Morgan fingerprint density at radius 3 is 2.86 bits per heavy atom. The van der Waals surface area contributed by atoms with Crippen LogP contribution in [0.15, 0.2) is 24.8 Å². The van der Waals surface area contributed by atoms with Gasteiger partial charge >= 0.3 is 0 Å². The van der Waals surface area contributed by atoms with Crippen molar-refractivity contribution in [1.82, 2.24) is 0 Å². The highest BCUT2D eigenvalue weighted by molar-refractivity contribution is 5.51. The smallest absolute Gasteiger partial charge is 0.120 e. The van der Waals surface area contributed by atoms with Crippen LogP contribution in [0.2, 0.25) is 0 Å². The molecule has 1 nitrogen and oxygen atoms in total. The zero-order valence-electron chi connectivity index (χ0n) is 8.62. The van der Waals surface area contributed by atoms with E-state index in [0.29, 0.717) is 0 Å². The van der Waals surface area contributed by atoms with E-state index in [4.69, 9.17) is 4.74 Å². The zero-order chi connectivity index (χ0) is 9.97. The first kappa shape index (κ1) is 9.32. The van der Waals surface area contributed by atoms with Gasteiger partial charge in [-0.05, 0) is 48.9 Å². The average Bonchev–Trinajstić information content (AvgIpc) is 2.97. The molecule has 14 heavy (non-hydrogen) atoms. The number of aryl methyl sites for hydroxylation is 1. The molecule has 1 aliphatic carbocycles. The van der Waals surface area contributed by atoms with Crippen molar-refractivity contribution >= 4 is 6.08 Å². The Balaban J connectivity index is 2.06. The number of hydrogen-bond donors (Lipinski definition) is 0. The average molecular weight is 188 g/mol. The molecule has 0 N–H and O–H groups in total. The van der Waals surface area contributed by atoms with Gasteiger partial charge in [0.1, 0.15) is 5.75 Å². The van der Waals surface area contributed by atoms with Crippen LogP contribution in [0, 0.1) is 12.8 Å². The van der Waals surface area contributed by atoms with E-state index < -0.39 is 0 Å². The van der Waals surface area contributed by atoms with E-state index in [1.165, 1.54) is 18.4 Å². The fraction of sp³-hybridized carbons (Fsp3) is 0.385. The van der Waals surface area contributed by atoms with Crippen molar-refractivity contribution in [1.29, 1.82) is 0 Å². The van der Waals surface area contributed by atoms with E-state index in [1.807, 2.05) is 12.1 Å². The predicted octanol–water partition coefficient (Wildman–Crippen LogP) is 3.43. The number of ether oxygens (including phenoxy) is 1. The molecule has 2 rings (SSSR count). The van der Waals surface area contributed by atoms with Gasteiger partial charge in [-0.15, -0.1) is 0 Å². The summed E-state index contributed by atoms with van der Waals surface area (Å²) in [6, 6.07) is 6.23. The summed E-state index contributed by atoms with van der Waals surface area (Å²) in [6.07, 6.45) is 4.53. The van der Waals surface area contributed by atoms with E-state index in [9.17, 15) is 0 Å². The first-order valence-corrected chi connectivity index (χ1v) is 5.15. The van der Waals surface area contributed by atoms with Crippen LogP contribution in [0.3, 0.4) is 0 Å². The number of benzene rings is 1. The molecule has 1 aromatic rings. The molecule has 1 aromatic carbocycles. The van der Waals surface area contributed by atoms with Crippen molar-refractivity contribution in [2.24, 2.45) is 5.92 Å². The van der Waals surface area contributed by atoms with Gasteiger partial charge in [-0.3, -0.25) is 0 Å². The Labute approximate surface area is 85.4 Å². The maximum atomic E-state index is 5.71.